The van der Waals surface area contributed by atoms with Gasteiger partial charge in [-0.1, -0.05) is 19.1 Å². The van der Waals surface area contributed by atoms with E-state index >= 15 is 0 Å². The lowest BCUT2D eigenvalue weighted by molar-refractivity contribution is 0.184. The van der Waals surface area contributed by atoms with Crippen LogP contribution in [0, 0.1) is 0 Å². The molecule has 0 saturated heterocycles. The fraction of sp³-hybridized carbons (Fsp3) is 0.438. The molecule has 0 radical (unpaired) electrons. The van der Waals surface area contributed by atoms with Crippen molar-refractivity contribution >= 4 is 15.9 Å². The molecule has 0 atom stereocenters. The second-order valence-electron chi connectivity index (χ2n) is 4.75. The van der Waals surface area contributed by atoms with Gasteiger partial charge in [0.15, 0.2) is 0 Å². The van der Waals surface area contributed by atoms with Crippen LogP contribution in [0.2, 0.25) is 0 Å². The molecule has 4 nitrogen and oxygen atoms in total. The van der Waals surface area contributed by atoms with Gasteiger partial charge in [0.25, 0.3) is 0 Å². The van der Waals surface area contributed by atoms with Crippen LogP contribution in [-0.4, -0.2) is 16.9 Å². The monoisotopic (exact) mass is 352 g/mol. The molecule has 2 aromatic rings. The third-order valence-electron chi connectivity index (χ3n) is 3.28. The number of hydrogen-bond donors (Lipinski definition) is 0. The van der Waals surface area contributed by atoms with Gasteiger partial charge < -0.3 is 9.47 Å². The summed E-state index contributed by atoms with van der Waals surface area (Å²) in [7, 11) is 1.69. The van der Waals surface area contributed by atoms with Crippen LogP contribution >= 0.6 is 15.9 Å². The number of methoxy groups -OCH3 is 1. The number of halogens is 1. The summed E-state index contributed by atoms with van der Waals surface area (Å²) in [6.07, 6.45) is 0.907. The van der Waals surface area contributed by atoms with Gasteiger partial charge in [0.05, 0.1) is 22.5 Å². The van der Waals surface area contributed by atoms with Gasteiger partial charge in [-0.15, -0.1) is 0 Å². The van der Waals surface area contributed by atoms with Crippen molar-refractivity contribution in [3.05, 3.63) is 45.7 Å². The van der Waals surface area contributed by atoms with E-state index in [0.717, 1.165) is 40.1 Å². The molecule has 0 amide bonds. The molecule has 0 aliphatic carbocycles. The molecule has 114 valence electrons. The molecule has 0 fully saturated rings. The number of aromatic nitrogens is 2. The van der Waals surface area contributed by atoms with E-state index in [1.807, 2.05) is 28.9 Å². The van der Waals surface area contributed by atoms with Gasteiger partial charge in [-0.3, -0.25) is 4.68 Å². The maximum atomic E-state index is 5.91. The Hall–Kier alpha value is -1.33. The first-order valence-corrected chi connectivity index (χ1v) is 7.93. The first-order valence-electron chi connectivity index (χ1n) is 7.14. The second-order valence-corrected chi connectivity index (χ2v) is 5.54. The zero-order chi connectivity index (χ0) is 15.2. The molecule has 0 N–H and O–H groups in total. The Morgan fingerprint density at radius 2 is 2.05 bits per heavy atom. The molecule has 1 aromatic carbocycles. The third-order valence-corrected chi connectivity index (χ3v) is 4.19. The van der Waals surface area contributed by atoms with Crippen LogP contribution in [0.25, 0.3) is 0 Å². The Balaban J connectivity index is 2.12. The summed E-state index contributed by atoms with van der Waals surface area (Å²) in [5.41, 5.74) is 3.25. The molecular formula is C16H21BrN2O2. The van der Waals surface area contributed by atoms with Crippen molar-refractivity contribution in [1.82, 2.24) is 9.78 Å². The van der Waals surface area contributed by atoms with Crippen molar-refractivity contribution in [2.24, 2.45) is 0 Å². The Kier molecular flexibility index (Phi) is 5.82. The lowest BCUT2D eigenvalue weighted by Crippen LogP contribution is -2.06. The number of ether oxygens (including phenoxy) is 2. The highest BCUT2D eigenvalue weighted by atomic mass is 79.9. The summed E-state index contributed by atoms with van der Waals surface area (Å²) >= 11 is 3.63. The number of aryl methyl sites for hydroxylation is 2. The minimum absolute atomic E-state index is 0.498. The predicted molar refractivity (Wildman–Crippen MR) is 86.5 cm³/mol. The van der Waals surface area contributed by atoms with Crippen molar-refractivity contribution in [3.63, 3.8) is 0 Å². The molecule has 21 heavy (non-hydrogen) atoms. The van der Waals surface area contributed by atoms with Crippen LogP contribution in [0.3, 0.4) is 0 Å². The zero-order valence-corrected chi connectivity index (χ0v) is 14.3. The molecule has 0 saturated carbocycles. The van der Waals surface area contributed by atoms with E-state index in [9.17, 15) is 0 Å². The smallest absolute Gasteiger partial charge is 0.131 e. The fourth-order valence-corrected chi connectivity index (χ4v) is 2.88. The van der Waals surface area contributed by atoms with Gasteiger partial charge >= 0.3 is 0 Å². The lowest BCUT2D eigenvalue weighted by Gasteiger charge is -2.09. The number of rotatable bonds is 7. The predicted octanol–water partition coefficient (Wildman–Crippen LogP) is 3.95. The Morgan fingerprint density at radius 3 is 2.71 bits per heavy atom. The van der Waals surface area contributed by atoms with Gasteiger partial charge in [0, 0.05) is 13.7 Å². The van der Waals surface area contributed by atoms with Crippen LogP contribution in [0.15, 0.2) is 28.7 Å². The average molecular weight is 353 g/mol. The van der Waals surface area contributed by atoms with E-state index in [-0.39, 0.29) is 0 Å². The molecule has 1 aromatic heterocycles. The highest BCUT2D eigenvalue weighted by Crippen LogP contribution is 2.24. The van der Waals surface area contributed by atoms with Gasteiger partial charge in [-0.2, -0.15) is 5.10 Å². The standard InChI is InChI=1S/C16H21BrN2O2/c1-4-14-16(17)15(19(5-2)18-14)11-21-13-8-6-7-12(9-13)10-20-3/h6-9H,4-5,10-11H2,1-3H3. The first-order chi connectivity index (χ1) is 10.2. The van der Waals surface area contributed by atoms with E-state index in [0.29, 0.717) is 13.2 Å². The highest BCUT2D eigenvalue weighted by Gasteiger charge is 2.14. The maximum absolute atomic E-state index is 5.91. The molecule has 1 heterocycles. The van der Waals surface area contributed by atoms with Crippen molar-refractivity contribution in [2.75, 3.05) is 7.11 Å². The van der Waals surface area contributed by atoms with Gasteiger partial charge in [-0.05, 0) is 47.0 Å². The first kappa shape index (κ1) is 16.0. The Labute approximate surface area is 134 Å². The largest absolute Gasteiger partial charge is 0.487 e. The topological polar surface area (TPSA) is 36.3 Å². The quantitative estimate of drug-likeness (QED) is 0.756. The molecule has 5 heteroatoms. The summed E-state index contributed by atoms with van der Waals surface area (Å²) in [6.45, 7) is 6.11. The summed E-state index contributed by atoms with van der Waals surface area (Å²) < 4.78 is 14.1. The van der Waals surface area contributed by atoms with E-state index in [1.54, 1.807) is 7.11 Å². The molecule has 2 rings (SSSR count). The van der Waals surface area contributed by atoms with Crippen molar-refractivity contribution < 1.29 is 9.47 Å². The van der Waals surface area contributed by atoms with Crippen molar-refractivity contribution in [2.45, 2.75) is 40.0 Å². The van der Waals surface area contributed by atoms with Gasteiger partial charge in [0.2, 0.25) is 0 Å². The molecule has 0 unspecified atom stereocenters. The summed E-state index contributed by atoms with van der Waals surface area (Å²) in [6, 6.07) is 7.97. The minimum Gasteiger partial charge on any atom is -0.487 e. The SMILES string of the molecule is CCc1nn(CC)c(COc2cccc(COC)c2)c1Br. The maximum Gasteiger partial charge on any atom is 0.131 e. The Bertz CT molecular complexity index is 596. The lowest BCUT2D eigenvalue weighted by atomic mass is 10.2. The molecule has 0 aliphatic rings. The van der Waals surface area contributed by atoms with Crippen LogP contribution < -0.4 is 4.74 Å². The highest BCUT2D eigenvalue weighted by molar-refractivity contribution is 9.10. The van der Waals surface area contributed by atoms with Crippen molar-refractivity contribution in [1.29, 1.82) is 0 Å². The van der Waals surface area contributed by atoms with E-state index in [2.05, 4.69) is 34.9 Å². The van der Waals surface area contributed by atoms with Crippen molar-refractivity contribution in [3.8, 4) is 5.75 Å². The summed E-state index contributed by atoms with van der Waals surface area (Å²) in [4.78, 5) is 0. The Morgan fingerprint density at radius 1 is 1.24 bits per heavy atom. The van der Waals surface area contributed by atoms with Gasteiger partial charge in [0.1, 0.15) is 12.4 Å². The van der Waals surface area contributed by atoms with Crippen LogP contribution in [0.4, 0.5) is 0 Å². The van der Waals surface area contributed by atoms with Crippen LogP contribution in [-0.2, 0) is 30.9 Å². The average Bonchev–Trinajstić information content (AvgIpc) is 2.81. The van der Waals surface area contributed by atoms with E-state index < -0.39 is 0 Å². The van der Waals surface area contributed by atoms with Crippen LogP contribution in [0.1, 0.15) is 30.8 Å². The van der Waals surface area contributed by atoms with Crippen LogP contribution in [0.5, 0.6) is 5.75 Å². The normalized spacial score (nSPS) is 10.9. The summed E-state index contributed by atoms with van der Waals surface area (Å²) in [5, 5.41) is 4.58. The van der Waals surface area contributed by atoms with Gasteiger partial charge in [-0.25, -0.2) is 0 Å². The molecule has 0 spiro atoms. The minimum atomic E-state index is 0.498. The van der Waals surface area contributed by atoms with E-state index in [4.69, 9.17) is 9.47 Å². The zero-order valence-electron chi connectivity index (χ0n) is 12.7. The number of nitrogens with zero attached hydrogens (tertiary/aromatic N) is 2. The molecule has 0 aliphatic heterocycles. The van der Waals surface area contributed by atoms with E-state index in [1.165, 1.54) is 0 Å². The molecular weight excluding hydrogens is 332 g/mol. The second kappa shape index (κ2) is 7.61. The number of hydrogen-bond acceptors (Lipinski definition) is 3. The number of benzene rings is 1. The molecule has 0 bridgehead atoms. The fourth-order valence-electron chi connectivity index (χ4n) is 2.20. The third kappa shape index (κ3) is 3.86. The summed E-state index contributed by atoms with van der Waals surface area (Å²) in [5.74, 6) is 0.846.